The fourth-order valence-corrected chi connectivity index (χ4v) is 22.1. The van der Waals surface area contributed by atoms with Gasteiger partial charge in [0.2, 0.25) is 0 Å². The van der Waals surface area contributed by atoms with Gasteiger partial charge in [-0.1, -0.05) is 66.7 Å². The molecule has 21 rings (SSSR count). The van der Waals surface area contributed by atoms with E-state index in [4.69, 9.17) is 4.42 Å². The van der Waals surface area contributed by atoms with Gasteiger partial charge in [0.25, 0.3) is 44.6 Å². The maximum absolute atomic E-state index is 13.2. The lowest BCUT2D eigenvalue weighted by atomic mass is 9.84. The number of furan rings is 1. The van der Waals surface area contributed by atoms with Crippen LogP contribution in [0.15, 0.2) is 244 Å². The van der Waals surface area contributed by atoms with E-state index in [1.165, 1.54) is 23.8 Å². The Kier molecular flexibility index (Phi) is 35.1. The number of hydrogen-bond acceptors (Lipinski definition) is 29. The summed E-state index contributed by atoms with van der Waals surface area (Å²) in [7, 11) is 0. The minimum atomic E-state index is -4.41. The van der Waals surface area contributed by atoms with Gasteiger partial charge in [0.05, 0.1) is 76.3 Å². The normalized spacial score (nSPS) is 21.0. The van der Waals surface area contributed by atoms with E-state index in [9.17, 15) is 64.7 Å². The molecule has 0 radical (unpaired) electrons. The van der Waals surface area contributed by atoms with Gasteiger partial charge >= 0.3 is 12.4 Å². The van der Waals surface area contributed by atoms with E-state index in [2.05, 4.69) is 132 Å². The van der Waals surface area contributed by atoms with Gasteiger partial charge in [-0.2, -0.15) is 26.3 Å². The maximum atomic E-state index is 13.2. The largest absolute Gasteiger partial charge is 0.454 e. The summed E-state index contributed by atoms with van der Waals surface area (Å²) in [5, 5.41) is 23.2. The van der Waals surface area contributed by atoms with Crippen LogP contribution in [0.5, 0.6) is 0 Å². The minimum absolute atomic E-state index is 0.295. The van der Waals surface area contributed by atoms with Crippen LogP contribution in [-0.4, -0.2) is 134 Å². The molecule has 4 saturated heterocycles. The number of thioether (sulfide) groups is 4. The van der Waals surface area contributed by atoms with Crippen LogP contribution in [-0.2, 0) is 83.4 Å². The smallest absolute Gasteiger partial charge is 0.416 e. The predicted molar refractivity (Wildman–Crippen MR) is 563 cm³/mol. The number of aromatic nitrogens is 13. The molecule has 30 nitrogen and oxygen atoms in total. The number of benzene rings is 3. The number of imide groups is 4. The first-order valence-corrected chi connectivity index (χ1v) is 52.9. The van der Waals surface area contributed by atoms with Gasteiger partial charge in [-0.05, 0) is 317 Å². The Hall–Kier alpha value is -14.3. The van der Waals surface area contributed by atoms with Gasteiger partial charge < -0.3 is 30.7 Å². The van der Waals surface area contributed by atoms with Crippen LogP contribution in [0.3, 0.4) is 0 Å². The number of carbonyl (C=O) groups excluding carboxylic acids is 8. The lowest BCUT2D eigenvalue weighted by molar-refractivity contribution is -0.138. The first-order chi connectivity index (χ1) is 72.7. The second-order valence-corrected chi connectivity index (χ2v) is 41.7. The van der Waals surface area contributed by atoms with E-state index in [1.807, 2.05) is 79.3 Å². The number of aromatic amines is 1. The molecule has 0 atom stereocenters. The maximum Gasteiger partial charge on any atom is 0.416 e. The molecule has 9 N–H and O–H groups in total. The summed E-state index contributed by atoms with van der Waals surface area (Å²) in [6, 6.07) is 48.7. The molecule has 4 aliphatic carbocycles. The fraction of sp³-hybridized carbons (Fsp3) is 0.309. The van der Waals surface area contributed by atoms with Gasteiger partial charge in [-0.25, -0.2) is 39.9 Å². The Labute approximate surface area is 876 Å². The Bertz CT molecular complexity index is 7170. The van der Waals surface area contributed by atoms with Crippen LogP contribution in [0.4, 0.5) is 45.5 Å². The van der Waals surface area contributed by atoms with Gasteiger partial charge in [-0.3, -0.25) is 79.6 Å². The number of nitrogens with zero attached hydrogens (tertiary/aromatic N) is 12. The van der Waals surface area contributed by atoms with Crippen molar-refractivity contribution < 1.29 is 69.1 Å². The average Bonchev–Trinajstić information content (AvgIpc) is 1.65. The average molecular weight is 2110 g/mol. The molecular formula is C110H105F6N21O9S4. The van der Waals surface area contributed by atoms with Crippen LogP contribution in [0.2, 0.25) is 0 Å². The van der Waals surface area contributed by atoms with Crippen molar-refractivity contribution in [2.24, 2.45) is 23.7 Å². The lowest BCUT2D eigenvalue weighted by Crippen LogP contribution is -2.33. The van der Waals surface area contributed by atoms with Crippen LogP contribution < -0.4 is 42.5 Å². The van der Waals surface area contributed by atoms with E-state index >= 15 is 0 Å². The van der Waals surface area contributed by atoms with Gasteiger partial charge in [0, 0.05) is 148 Å². The molecule has 40 heteroatoms. The molecule has 150 heavy (non-hydrogen) atoms. The van der Waals surface area contributed by atoms with Gasteiger partial charge in [-0.15, -0.1) is 0 Å². The number of halogens is 6. The molecule has 0 bridgehead atoms. The van der Waals surface area contributed by atoms with Crippen molar-refractivity contribution in [1.29, 1.82) is 0 Å². The number of fused-ring (bicyclic) bond motifs is 1. The molecule has 13 aromatic rings. The van der Waals surface area contributed by atoms with E-state index in [0.717, 1.165) is 275 Å². The zero-order chi connectivity index (χ0) is 104. The van der Waals surface area contributed by atoms with Crippen molar-refractivity contribution in [3.63, 3.8) is 0 Å². The van der Waals surface area contributed by atoms with E-state index in [1.54, 1.807) is 97.9 Å². The SMILES string of the molecule is O=C1NC(=O)/C(=C/c2ccnc(CC3CCC(NCc4cccnc4-c4cc5ccccc5o4)CC3)n2)S1.O=C1NC(=O)/C(=C/c2ccnc(CC3CCC(NCc4cccnc4-c4ccc(C(F)(F)F)cc4)CC3)n2)S1.O=C1NC(=O)/C(=C/c2ccnc(CC3CCC(NCc4cccnc4-c4ccc[nH]4)CC3)n2)S1.O=C1NC(=O)/C(=C/c2ccnc(CC3CCC(NCc4cccnc4-c4cccc(C(F)(F)F)c4)CC3)n2)S1. The topological polar surface area (TPSA) is 416 Å². The summed E-state index contributed by atoms with van der Waals surface area (Å²) >= 11 is 3.52. The Morgan fingerprint density at radius 1 is 0.320 bits per heavy atom. The van der Waals surface area contributed by atoms with Crippen molar-refractivity contribution in [1.82, 2.24) is 107 Å². The Morgan fingerprint density at radius 2 is 0.660 bits per heavy atom. The molecule has 4 saturated carbocycles. The number of rotatable bonds is 28. The summed E-state index contributed by atoms with van der Waals surface area (Å²) in [6.45, 7) is 2.63. The number of H-pyrrole nitrogens is 1. The Balaban J connectivity index is 0.000000131. The highest BCUT2D eigenvalue weighted by molar-refractivity contribution is 8.19. The van der Waals surface area contributed by atoms with Crippen molar-refractivity contribution >= 4 is 127 Å². The van der Waals surface area contributed by atoms with E-state index < -0.39 is 35.3 Å². The van der Waals surface area contributed by atoms with Crippen molar-refractivity contribution in [2.45, 2.75) is 191 Å². The number of pyridine rings is 4. The minimum Gasteiger partial charge on any atom is -0.454 e. The zero-order valence-electron chi connectivity index (χ0n) is 81.1. The van der Waals surface area contributed by atoms with Crippen LogP contribution in [0.25, 0.3) is 80.6 Å². The lowest BCUT2D eigenvalue weighted by Gasteiger charge is -2.29. The number of nitrogens with one attached hydrogen (secondary N) is 9. The third-order valence-corrected chi connectivity index (χ3v) is 30.5. The highest BCUT2D eigenvalue weighted by Gasteiger charge is 2.36. The number of amides is 8. The summed E-state index contributed by atoms with van der Waals surface area (Å²) in [6.07, 6.45) is 33.2. The predicted octanol–water partition coefficient (Wildman–Crippen LogP) is 21.1. The zero-order valence-corrected chi connectivity index (χ0v) is 84.4. The van der Waals surface area contributed by atoms with Crippen molar-refractivity contribution in [3.8, 4) is 45.4 Å². The molecule has 14 heterocycles. The van der Waals surface area contributed by atoms with Crippen LogP contribution in [0, 0.1) is 23.7 Å². The molecule has 3 aromatic carbocycles. The number of alkyl halides is 6. The monoisotopic (exact) mass is 2110 g/mol. The summed E-state index contributed by atoms with van der Waals surface area (Å²) in [4.78, 5) is 151. The van der Waals surface area contributed by atoms with Crippen molar-refractivity contribution in [2.75, 3.05) is 0 Å². The van der Waals surface area contributed by atoms with Crippen LogP contribution >= 0.6 is 47.0 Å². The molecule has 8 aliphatic rings. The van der Waals surface area contributed by atoms with E-state index in [-0.39, 0.29) is 32.8 Å². The second-order valence-electron chi connectivity index (χ2n) is 37.6. The molecule has 10 aromatic heterocycles. The summed E-state index contributed by atoms with van der Waals surface area (Å²) < 4.78 is 84.5. The first kappa shape index (κ1) is 106. The third kappa shape index (κ3) is 29.3. The molecule has 4 aliphatic heterocycles. The molecule has 0 spiro atoms. The second kappa shape index (κ2) is 49.9. The van der Waals surface area contributed by atoms with Gasteiger partial charge in [0.1, 0.15) is 34.6 Å². The molecule has 0 unspecified atom stereocenters. The Morgan fingerprint density at radius 3 is 1.00 bits per heavy atom. The standard InChI is InChI=1S/C29H27N5O3S.2C28H26F3N5O2S.C25H26N6O2S/c35-28-25(38-29(36)34-28)16-22-11-13-30-26(33-22)14-18-7-9-21(10-8-18)32-17-20-5-3-12-31-27(20)24-15-19-4-1-2-6-23(19)37-24;29-28(30,31)20-5-1-3-18(14-20)25-19(4-2-11-33-25)16-34-21-8-6-17(7-9-21)13-24-32-12-10-22(35-24)15-23-26(37)36-27(38)39-23;29-28(30,31)20-7-5-18(6-8-20)25-19(2-1-12-33-25)16-34-21-9-3-17(4-10-21)14-24-32-13-11-22(35-24)15-23-26(37)36-27(38)39-23;32-24-21(34-25(33)31-24)14-19-9-12-27-22(30-19)13-16-5-7-18(8-6-16)29-15-17-3-1-11-28-23(17)20-4-2-10-26-20/h1-6,11-13,15-16,18,21,32H,7-10,14,17H2,(H,34,35,36);1-5,10-12,14-15,17,21,34H,6-9,13,16H2,(H,36,37,38);1-2,5-8,11-13,15,17,21,34H,3-4,9-10,14,16H2,(H,36,37,38);1-4,9-12,14,16,18,26,29H,5-8,13,15H2,(H,31,32,33)/b25-16-;2*23-15-;21-14-. The third-order valence-electron chi connectivity index (χ3n) is 27.2. The van der Waals surface area contributed by atoms with Crippen LogP contribution in [0.1, 0.15) is 182 Å². The highest BCUT2D eigenvalue weighted by atomic mass is 32.2. The molecule has 770 valence electrons. The summed E-state index contributed by atoms with van der Waals surface area (Å²) in [5.41, 5.74) is 11.4. The molecule has 8 amide bonds. The number of carbonyl (C=O) groups is 8. The van der Waals surface area contributed by atoms with E-state index in [0.29, 0.717) is 137 Å². The summed E-state index contributed by atoms with van der Waals surface area (Å²) in [5.74, 6) is 4.14. The number of para-hydroxylation sites is 1. The van der Waals surface area contributed by atoms with Crippen molar-refractivity contribution in [3.05, 3.63) is 319 Å². The van der Waals surface area contributed by atoms with Gasteiger partial charge in [0.15, 0.2) is 5.76 Å². The first-order valence-electron chi connectivity index (χ1n) is 49.7. The quantitative estimate of drug-likeness (QED) is 0.0162. The molecular weight excluding hydrogens is 2000 g/mol. The molecule has 8 fully saturated rings. The highest BCUT2D eigenvalue weighted by Crippen LogP contribution is 2.40. The number of hydrogen-bond donors (Lipinski definition) is 9. The fourth-order valence-electron chi connectivity index (χ4n) is 19.5.